The lowest BCUT2D eigenvalue weighted by Gasteiger charge is -2.05. The van der Waals surface area contributed by atoms with Gasteiger partial charge < -0.3 is 0 Å². The fourth-order valence-electron chi connectivity index (χ4n) is 1.01. The number of rotatable bonds is 3. The van der Waals surface area contributed by atoms with E-state index in [1.807, 2.05) is 0 Å². The standard InChI is InChI=1S/C7H7ClN6O2S/c1-14-7(11-4-12-14)13-17(15,16)5-2-9-6(8)10-3-5/h2-4H,1H3,(H,11,12,13). The molecule has 2 rings (SSSR count). The van der Waals surface area contributed by atoms with E-state index in [4.69, 9.17) is 11.6 Å². The number of aromatic nitrogens is 5. The average Bonchev–Trinajstić information content (AvgIpc) is 2.64. The third-order valence-electron chi connectivity index (χ3n) is 1.84. The lowest BCUT2D eigenvalue weighted by molar-refractivity contribution is 0.599. The van der Waals surface area contributed by atoms with E-state index in [9.17, 15) is 8.42 Å². The SMILES string of the molecule is Cn1ncnc1NS(=O)(=O)c1cnc(Cl)nc1. The number of aryl methyl sites for hydroxylation is 1. The monoisotopic (exact) mass is 274 g/mol. The van der Waals surface area contributed by atoms with Gasteiger partial charge in [0.15, 0.2) is 0 Å². The summed E-state index contributed by atoms with van der Waals surface area (Å²) in [7, 11) is -2.22. The van der Waals surface area contributed by atoms with Gasteiger partial charge in [-0.3, -0.25) is 0 Å². The molecule has 0 amide bonds. The molecule has 1 N–H and O–H groups in total. The van der Waals surface area contributed by atoms with Gasteiger partial charge in [0.2, 0.25) is 11.2 Å². The highest BCUT2D eigenvalue weighted by molar-refractivity contribution is 7.92. The summed E-state index contributed by atoms with van der Waals surface area (Å²) in [5.41, 5.74) is 0. The van der Waals surface area contributed by atoms with Gasteiger partial charge in [-0.1, -0.05) is 0 Å². The second-order valence-corrected chi connectivity index (χ2v) is 5.02. The molecule has 0 aliphatic heterocycles. The molecule has 8 nitrogen and oxygen atoms in total. The lowest BCUT2D eigenvalue weighted by atomic mass is 10.7. The fraction of sp³-hybridized carbons (Fsp3) is 0.143. The first-order valence-corrected chi connectivity index (χ1v) is 6.19. The molecule has 10 heteroatoms. The van der Waals surface area contributed by atoms with Crippen molar-refractivity contribution in [2.24, 2.45) is 7.05 Å². The first-order chi connectivity index (χ1) is 7.99. The normalized spacial score (nSPS) is 11.4. The van der Waals surface area contributed by atoms with Crippen LogP contribution in [0.15, 0.2) is 23.6 Å². The van der Waals surface area contributed by atoms with E-state index in [1.54, 1.807) is 7.05 Å². The maximum atomic E-state index is 11.8. The minimum atomic E-state index is -3.78. The van der Waals surface area contributed by atoms with Gasteiger partial charge in [0.1, 0.15) is 11.2 Å². The summed E-state index contributed by atoms with van der Waals surface area (Å²) in [6.45, 7) is 0. The third kappa shape index (κ3) is 2.50. The van der Waals surface area contributed by atoms with E-state index in [-0.39, 0.29) is 16.1 Å². The van der Waals surface area contributed by atoms with Crippen LogP contribution in [0.3, 0.4) is 0 Å². The molecule has 17 heavy (non-hydrogen) atoms. The Morgan fingerprint density at radius 1 is 1.29 bits per heavy atom. The summed E-state index contributed by atoms with van der Waals surface area (Å²) in [6, 6.07) is 0. The molecule has 0 aliphatic carbocycles. The number of hydrogen-bond donors (Lipinski definition) is 1. The van der Waals surface area contributed by atoms with Crippen LogP contribution in [0.5, 0.6) is 0 Å². The maximum Gasteiger partial charge on any atom is 0.267 e. The first-order valence-electron chi connectivity index (χ1n) is 4.33. The van der Waals surface area contributed by atoms with Crippen LogP contribution in [0.1, 0.15) is 0 Å². The molecule has 0 atom stereocenters. The van der Waals surface area contributed by atoms with Crippen molar-refractivity contribution in [1.29, 1.82) is 0 Å². The molecule has 0 aliphatic rings. The van der Waals surface area contributed by atoms with Gasteiger partial charge in [0, 0.05) is 7.05 Å². The number of sulfonamides is 1. The predicted octanol–water partition coefficient (Wildman–Crippen LogP) is 0.0593. The average molecular weight is 275 g/mol. The molecule has 0 saturated heterocycles. The smallest absolute Gasteiger partial charge is 0.247 e. The molecule has 0 saturated carbocycles. The van der Waals surface area contributed by atoms with Gasteiger partial charge in [-0.05, 0) is 11.6 Å². The van der Waals surface area contributed by atoms with Crippen molar-refractivity contribution < 1.29 is 8.42 Å². The number of hydrogen-bond acceptors (Lipinski definition) is 6. The zero-order chi connectivity index (χ0) is 12.5. The van der Waals surface area contributed by atoms with Crippen LogP contribution in [0.2, 0.25) is 5.28 Å². The highest BCUT2D eigenvalue weighted by atomic mass is 35.5. The van der Waals surface area contributed by atoms with Crippen molar-refractivity contribution in [3.63, 3.8) is 0 Å². The Bertz CT molecular complexity index is 622. The minimum Gasteiger partial charge on any atom is -0.247 e. The van der Waals surface area contributed by atoms with Crippen LogP contribution in [-0.4, -0.2) is 33.2 Å². The summed E-state index contributed by atoms with van der Waals surface area (Å²) < 4.78 is 27.2. The molecule has 0 fully saturated rings. The van der Waals surface area contributed by atoms with E-state index in [1.165, 1.54) is 11.0 Å². The van der Waals surface area contributed by atoms with E-state index in [0.717, 1.165) is 12.4 Å². The Balaban J connectivity index is 2.31. The molecule has 0 unspecified atom stereocenters. The summed E-state index contributed by atoms with van der Waals surface area (Å²) in [5, 5.41) is 3.71. The van der Waals surface area contributed by atoms with Crippen LogP contribution in [0.25, 0.3) is 0 Å². The number of anilines is 1. The zero-order valence-corrected chi connectivity index (χ0v) is 10.1. The van der Waals surface area contributed by atoms with Crippen molar-refractivity contribution in [3.8, 4) is 0 Å². The Morgan fingerprint density at radius 2 is 1.94 bits per heavy atom. The highest BCUT2D eigenvalue weighted by Crippen LogP contribution is 2.12. The van der Waals surface area contributed by atoms with Crippen molar-refractivity contribution in [2.45, 2.75) is 4.90 Å². The second-order valence-electron chi connectivity index (χ2n) is 3.00. The number of nitrogens with one attached hydrogen (secondary N) is 1. The molecule has 2 heterocycles. The highest BCUT2D eigenvalue weighted by Gasteiger charge is 2.17. The minimum absolute atomic E-state index is 0.0254. The Morgan fingerprint density at radius 3 is 2.47 bits per heavy atom. The predicted molar refractivity (Wildman–Crippen MR) is 58.9 cm³/mol. The molecule has 0 spiro atoms. The van der Waals surface area contributed by atoms with Gasteiger partial charge in [0.05, 0.1) is 12.4 Å². The van der Waals surface area contributed by atoms with E-state index < -0.39 is 10.0 Å². The Kier molecular flexibility index (Phi) is 2.94. The van der Waals surface area contributed by atoms with Crippen molar-refractivity contribution in [3.05, 3.63) is 24.0 Å². The quantitative estimate of drug-likeness (QED) is 0.794. The molecule has 0 bridgehead atoms. The van der Waals surface area contributed by atoms with Gasteiger partial charge in [0.25, 0.3) is 10.0 Å². The number of halogens is 1. The van der Waals surface area contributed by atoms with Gasteiger partial charge >= 0.3 is 0 Å². The molecule has 2 aromatic rings. The van der Waals surface area contributed by atoms with Crippen molar-refractivity contribution >= 4 is 27.6 Å². The van der Waals surface area contributed by atoms with E-state index in [2.05, 4.69) is 24.8 Å². The van der Waals surface area contributed by atoms with Crippen LogP contribution in [-0.2, 0) is 17.1 Å². The summed E-state index contributed by atoms with van der Waals surface area (Å²) >= 11 is 5.47. The Hall–Kier alpha value is -1.74. The van der Waals surface area contributed by atoms with Crippen molar-refractivity contribution in [1.82, 2.24) is 24.7 Å². The Labute approximate surface area is 102 Å². The summed E-state index contributed by atoms with van der Waals surface area (Å²) in [5.74, 6) is 0.0972. The first kappa shape index (κ1) is 11.7. The van der Waals surface area contributed by atoms with Gasteiger partial charge in [-0.15, -0.1) is 0 Å². The van der Waals surface area contributed by atoms with Gasteiger partial charge in [-0.2, -0.15) is 10.1 Å². The second kappa shape index (κ2) is 4.26. The molecular formula is C7H7ClN6O2S. The van der Waals surface area contributed by atoms with Crippen LogP contribution in [0.4, 0.5) is 5.95 Å². The van der Waals surface area contributed by atoms with Crippen molar-refractivity contribution in [2.75, 3.05) is 4.72 Å². The lowest BCUT2D eigenvalue weighted by Crippen LogP contribution is -2.16. The topological polar surface area (TPSA) is 103 Å². The summed E-state index contributed by atoms with van der Waals surface area (Å²) in [6.07, 6.45) is 3.44. The van der Waals surface area contributed by atoms with E-state index >= 15 is 0 Å². The van der Waals surface area contributed by atoms with Crippen LogP contribution < -0.4 is 4.72 Å². The largest absolute Gasteiger partial charge is 0.267 e. The molecule has 0 aromatic carbocycles. The van der Waals surface area contributed by atoms with Crippen LogP contribution >= 0.6 is 11.6 Å². The molecule has 90 valence electrons. The molecule has 2 aromatic heterocycles. The molecular weight excluding hydrogens is 268 g/mol. The third-order valence-corrected chi connectivity index (χ3v) is 3.32. The number of nitrogens with zero attached hydrogens (tertiary/aromatic N) is 5. The fourth-order valence-corrected chi connectivity index (χ4v) is 2.03. The summed E-state index contributed by atoms with van der Waals surface area (Å²) in [4.78, 5) is 10.8. The van der Waals surface area contributed by atoms with Crippen LogP contribution in [0, 0.1) is 0 Å². The zero-order valence-electron chi connectivity index (χ0n) is 8.57. The van der Waals surface area contributed by atoms with Gasteiger partial charge in [-0.25, -0.2) is 27.8 Å². The molecule has 0 radical (unpaired) electrons. The maximum absolute atomic E-state index is 11.8. The van der Waals surface area contributed by atoms with E-state index in [0.29, 0.717) is 0 Å².